The maximum absolute atomic E-state index is 13.6. The minimum Gasteiger partial charge on any atom is -0.280 e. The van der Waals surface area contributed by atoms with Crippen LogP contribution in [0.1, 0.15) is 26.5 Å². The van der Waals surface area contributed by atoms with Gasteiger partial charge in [-0.2, -0.15) is 0 Å². The summed E-state index contributed by atoms with van der Waals surface area (Å²) in [5, 5.41) is 8.58. The largest absolute Gasteiger partial charge is 0.280 e. The molecule has 4 nitrogen and oxygen atoms in total. The standard InChI is InChI=1S/C17H17FN4/c1-17(2,3)15-16(21-20-13-7-5-4-6-8-13)22-11-12(18)9-10-14(22)19-15/h4-11H,1-3H3. The smallest absolute Gasteiger partial charge is 0.183 e. The zero-order valence-electron chi connectivity index (χ0n) is 12.8. The van der Waals surface area contributed by atoms with E-state index in [1.54, 1.807) is 10.5 Å². The fourth-order valence-corrected chi connectivity index (χ4v) is 2.20. The predicted octanol–water partition coefficient (Wildman–Crippen LogP) is 5.19. The zero-order chi connectivity index (χ0) is 15.7. The molecule has 3 aromatic rings. The van der Waals surface area contributed by atoms with Crippen molar-refractivity contribution in [2.75, 3.05) is 0 Å². The number of halogens is 1. The molecule has 2 heterocycles. The van der Waals surface area contributed by atoms with Crippen LogP contribution in [-0.2, 0) is 5.41 Å². The molecule has 0 aliphatic carbocycles. The van der Waals surface area contributed by atoms with Crippen LogP contribution in [0.25, 0.3) is 5.65 Å². The molecule has 0 N–H and O–H groups in total. The fraction of sp³-hybridized carbons (Fsp3) is 0.235. The highest BCUT2D eigenvalue weighted by atomic mass is 19.1. The Morgan fingerprint density at radius 2 is 1.73 bits per heavy atom. The van der Waals surface area contributed by atoms with Gasteiger partial charge in [-0.15, -0.1) is 10.2 Å². The number of hydrogen-bond acceptors (Lipinski definition) is 3. The first-order valence-corrected chi connectivity index (χ1v) is 7.10. The van der Waals surface area contributed by atoms with Gasteiger partial charge in [0.25, 0.3) is 0 Å². The Morgan fingerprint density at radius 1 is 1.00 bits per heavy atom. The molecule has 1 aromatic carbocycles. The van der Waals surface area contributed by atoms with Crippen molar-refractivity contribution in [3.8, 4) is 0 Å². The number of aromatic nitrogens is 2. The third-order valence-corrected chi connectivity index (χ3v) is 3.28. The van der Waals surface area contributed by atoms with Crippen LogP contribution in [0, 0.1) is 5.82 Å². The highest BCUT2D eigenvalue weighted by molar-refractivity contribution is 5.54. The Bertz CT molecular complexity index is 829. The molecule has 0 aliphatic heterocycles. The third-order valence-electron chi connectivity index (χ3n) is 3.28. The molecule has 0 saturated carbocycles. The minimum atomic E-state index is -0.332. The summed E-state index contributed by atoms with van der Waals surface area (Å²) in [6, 6.07) is 12.5. The second kappa shape index (κ2) is 5.33. The highest BCUT2D eigenvalue weighted by Gasteiger charge is 2.24. The molecular weight excluding hydrogens is 279 g/mol. The molecule has 0 bridgehead atoms. The summed E-state index contributed by atoms with van der Waals surface area (Å²) in [5.74, 6) is 0.229. The van der Waals surface area contributed by atoms with E-state index in [1.807, 2.05) is 51.1 Å². The molecule has 5 heteroatoms. The first-order chi connectivity index (χ1) is 10.4. The Hall–Kier alpha value is -2.56. The van der Waals surface area contributed by atoms with Crippen molar-refractivity contribution in [2.24, 2.45) is 10.2 Å². The average molecular weight is 296 g/mol. The third kappa shape index (κ3) is 2.74. The number of hydrogen-bond donors (Lipinski definition) is 0. The van der Waals surface area contributed by atoms with E-state index >= 15 is 0 Å². The molecule has 0 amide bonds. The van der Waals surface area contributed by atoms with Crippen molar-refractivity contribution >= 4 is 17.2 Å². The van der Waals surface area contributed by atoms with E-state index in [4.69, 9.17) is 0 Å². The van der Waals surface area contributed by atoms with Crippen molar-refractivity contribution in [3.05, 3.63) is 60.2 Å². The lowest BCUT2D eigenvalue weighted by Crippen LogP contribution is -2.11. The van der Waals surface area contributed by atoms with Gasteiger partial charge in [-0.25, -0.2) is 9.37 Å². The van der Waals surface area contributed by atoms with E-state index in [0.29, 0.717) is 11.5 Å². The molecule has 0 unspecified atom stereocenters. The summed E-state index contributed by atoms with van der Waals surface area (Å²) >= 11 is 0. The molecule has 0 radical (unpaired) electrons. The lowest BCUT2D eigenvalue weighted by molar-refractivity contribution is 0.573. The van der Waals surface area contributed by atoms with Crippen molar-refractivity contribution < 1.29 is 4.39 Å². The number of imidazole rings is 1. The number of azo groups is 1. The number of benzene rings is 1. The second-order valence-electron chi connectivity index (χ2n) is 6.15. The Kier molecular flexibility index (Phi) is 3.48. The summed E-state index contributed by atoms with van der Waals surface area (Å²) in [5.41, 5.74) is 1.98. The van der Waals surface area contributed by atoms with Gasteiger partial charge in [0.15, 0.2) is 5.82 Å². The molecule has 0 fully saturated rings. The summed E-state index contributed by atoms with van der Waals surface area (Å²) < 4.78 is 15.2. The van der Waals surface area contributed by atoms with Crippen molar-refractivity contribution in [2.45, 2.75) is 26.2 Å². The second-order valence-corrected chi connectivity index (χ2v) is 6.15. The van der Waals surface area contributed by atoms with Gasteiger partial charge in [0.2, 0.25) is 0 Å². The summed E-state index contributed by atoms with van der Waals surface area (Å²) in [7, 11) is 0. The van der Waals surface area contributed by atoms with Crippen LogP contribution in [0.2, 0.25) is 0 Å². The van der Waals surface area contributed by atoms with Crippen LogP contribution in [0.4, 0.5) is 15.9 Å². The molecule has 3 rings (SSSR count). The lowest BCUT2D eigenvalue weighted by Gasteiger charge is -2.15. The highest BCUT2D eigenvalue weighted by Crippen LogP contribution is 2.33. The van der Waals surface area contributed by atoms with Gasteiger partial charge in [-0.05, 0) is 24.3 Å². The van der Waals surface area contributed by atoms with E-state index in [2.05, 4.69) is 15.2 Å². The van der Waals surface area contributed by atoms with Crippen LogP contribution >= 0.6 is 0 Å². The first-order valence-electron chi connectivity index (χ1n) is 7.10. The number of nitrogens with zero attached hydrogens (tertiary/aromatic N) is 4. The van der Waals surface area contributed by atoms with E-state index < -0.39 is 0 Å². The van der Waals surface area contributed by atoms with Gasteiger partial charge in [0, 0.05) is 11.6 Å². The molecule has 0 saturated heterocycles. The topological polar surface area (TPSA) is 42.0 Å². The molecule has 2 aromatic heterocycles. The van der Waals surface area contributed by atoms with E-state index in [9.17, 15) is 4.39 Å². The van der Waals surface area contributed by atoms with E-state index in [0.717, 1.165) is 11.4 Å². The number of rotatable bonds is 2. The van der Waals surface area contributed by atoms with Gasteiger partial charge >= 0.3 is 0 Å². The van der Waals surface area contributed by atoms with Crippen LogP contribution in [-0.4, -0.2) is 9.38 Å². The number of fused-ring (bicyclic) bond motifs is 1. The van der Waals surface area contributed by atoms with Crippen LogP contribution in [0.5, 0.6) is 0 Å². The molecule has 22 heavy (non-hydrogen) atoms. The average Bonchev–Trinajstić information content (AvgIpc) is 2.84. The van der Waals surface area contributed by atoms with Crippen LogP contribution < -0.4 is 0 Å². The van der Waals surface area contributed by atoms with Gasteiger partial charge in [-0.3, -0.25) is 4.40 Å². The SMILES string of the molecule is CC(C)(C)c1nc2ccc(F)cn2c1N=Nc1ccccc1. The zero-order valence-corrected chi connectivity index (χ0v) is 12.8. The van der Waals surface area contributed by atoms with E-state index in [-0.39, 0.29) is 11.2 Å². The molecular formula is C17H17FN4. The predicted molar refractivity (Wildman–Crippen MR) is 84.5 cm³/mol. The summed E-state index contributed by atoms with van der Waals surface area (Å²) in [6.07, 6.45) is 1.39. The maximum atomic E-state index is 13.6. The van der Waals surface area contributed by atoms with Gasteiger partial charge in [0.1, 0.15) is 11.5 Å². The molecule has 112 valence electrons. The van der Waals surface area contributed by atoms with Crippen molar-refractivity contribution in [3.63, 3.8) is 0 Å². The lowest BCUT2D eigenvalue weighted by atomic mass is 9.92. The molecule has 0 spiro atoms. The molecule has 0 atom stereocenters. The monoisotopic (exact) mass is 296 g/mol. The summed E-state index contributed by atoms with van der Waals surface area (Å²) in [6.45, 7) is 6.14. The van der Waals surface area contributed by atoms with Crippen molar-refractivity contribution in [1.82, 2.24) is 9.38 Å². The van der Waals surface area contributed by atoms with Gasteiger partial charge in [-0.1, -0.05) is 39.0 Å². The van der Waals surface area contributed by atoms with Gasteiger partial charge < -0.3 is 0 Å². The summed E-state index contributed by atoms with van der Waals surface area (Å²) in [4.78, 5) is 4.58. The number of pyridine rings is 1. The van der Waals surface area contributed by atoms with Crippen molar-refractivity contribution in [1.29, 1.82) is 0 Å². The Labute approximate surface area is 128 Å². The van der Waals surface area contributed by atoms with E-state index in [1.165, 1.54) is 12.3 Å². The fourth-order valence-electron chi connectivity index (χ4n) is 2.20. The minimum absolute atomic E-state index is 0.215. The molecule has 0 aliphatic rings. The van der Waals surface area contributed by atoms with Crippen LogP contribution in [0.15, 0.2) is 58.9 Å². The van der Waals surface area contributed by atoms with Gasteiger partial charge in [0.05, 0.1) is 11.4 Å². The maximum Gasteiger partial charge on any atom is 0.183 e. The quantitative estimate of drug-likeness (QED) is 0.600. The Morgan fingerprint density at radius 3 is 2.41 bits per heavy atom. The Balaban J connectivity index is 2.17. The normalized spacial score (nSPS) is 12.4. The first kappa shape index (κ1) is 14.4. The van der Waals surface area contributed by atoms with Crippen LogP contribution in [0.3, 0.4) is 0 Å².